The molecule has 0 aliphatic heterocycles. The van der Waals surface area contributed by atoms with Crippen LogP contribution < -0.4 is 0 Å². The first-order chi connectivity index (χ1) is 34.0. The zero-order valence-corrected chi connectivity index (χ0v) is 46.9. The van der Waals surface area contributed by atoms with Crippen LogP contribution in [0.15, 0.2) is 12.2 Å². The molecule has 408 valence electrons. The van der Waals surface area contributed by atoms with E-state index in [1.165, 1.54) is 257 Å². The van der Waals surface area contributed by atoms with Gasteiger partial charge in [-0.2, -0.15) is 0 Å². The van der Waals surface area contributed by atoms with Crippen molar-refractivity contribution in [3.05, 3.63) is 12.2 Å². The molecule has 0 rings (SSSR count). The second-order valence-electron chi connectivity index (χ2n) is 21.3. The van der Waals surface area contributed by atoms with Crippen molar-refractivity contribution in [1.29, 1.82) is 0 Å². The molecule has 1 atom stereocenters. The predicted octanol–water partition coefficient (Wildman–Crippen LogP) is 20.9. The van der Waals surface area contributed by atoms with Gasteiger partial charge in [-0.3, -0.25) is 14.4 Å². The summed E-state index contributed by atoms with van der Waals surface area (Å²) in [7, 11) is 0. The summed E-state index contributed by atoms with van der Waals surface area (Å²) in [6.45, 7) is 6.70. The number of carbonyl (C=O) groups excluding carboxylic acids is 3. The molecule has 0 aromatic rings. The van der Waals surface area contributed by atoms with Crippen LogP contribution in [0, 0.1) is 0 Å². The van der Waals surface area contributed by atoms with E-state index in [-0.39, 0.29) is 31.1 Å². The highest BCUT2D eigenvalue weighted by Crippen LogP contribution is 2.18. The van der Waals surface area contributed by atoms with Gasteiger partial charge in [0.1, 0.15) is 13.2 Å². The van der Waals surface area contributed by atoms with E-state index in [1.54, 1.807) is 0 Å². The van der Waals surface area contributed by atoms with Crippen molar-refractivity contribution in [3.63, 3.8) is 0 Å². The van der Waals surface area contributed by atoms with Gasteiger partial charge in [0, 0.05) is 19.3 Å². The van der Waals surface area contributed by atoms with Crippen LogP contribution >= 0.6 is 0 Å². The second kappa shape index (κ2) is 58.7. The van der Waals surface area contributed by atoms with Crippen molar-refractivity contribution in [2.24, 2.45) is 0 Å². The number of hydrogen-bond acceptors (Lipinski definition) is 6. The number of allylic oxidation sites excluding steroid dienone is 2. The van der Waals surface area contributed by atoms with Crippen molar-refractivity contribution >= 4 is 17.9 Å². The van der Waals surface area contributed by atoms with Gasteiger partial charge in [-0.1, -0.05) is 303 Å². The Balaban J connectivity index is 4.26. The highest BCUT2D eigenvalue weighted by atomic mass is 16.6. The molecule has 69 heavy (non-hydrogen) atoms. The van der Waals surface area contributed by atoms with Crippen LogP contribution in [0.4, 0.5) is 0 Å². The summed E-state index contributed by atoms with van der Waals surface area (Å²) in [5, 5.41) is 0. The minimum absolute atomic E-state index is 0.0644. The van der Waals surface area contributed by atoms with Crippen molar-refractivity contribution in [1.82, 2.24) is 0 Å². The Morgan fingerprint density at radius 3 is 0.725 bits per heavy atom. The maximum Gasteiger partial charge on any atom is 0.306 e. The molecule has 6 heteroatoms. The van der Waals surface area contributed by atoms with Gasteiger partial charge < -0.3 is 14.2 Å². The Labute approximate surface area is 431 Å². The summed E-state index contributed by atoms with van der Waals surface area (Å²) in [5.41, 5.74) is 0. The van der Waals surface area contributed by atoms with Gasteiger partial charge in [0.25, 0.3) is 0 Å². The van der Waals surface area contributed by atoms with Crippen LogP contribution in [0.1, 0.15) is 355 Å². The van der Waals surface area contributed by atoms with Gasteiger partial charge in [0.2, 0.25) is 0 Å². The van der Waals surface area contributed by atoms with Gasteiger partial charge in [0.15, 0.2) is 6.10 Å². The minimum atomic E-state index is -0.766. The van der Waals surface area contributed by atoms with E-state index in [0.29, 0.717) is 19.3 Å². The third-order valence-electron chi connectivity index (χ3n) is 14.3. The smallest absolute Gasteiger partial charge is 0.306 e. The molecule has 0 bridgehead atoms. The average molecular weight is 974 g/mol. The summed E-state index contributed by atoms with van der Waals surface area (Å²) in [6, 6.07) is 0. The van der Waals surface area contributed by atoms with E-state index in [2.05, 4.69) is 32.9 Å². The molecule has 0 saturated carbocycles. The third-order valence-corrected chi connectivity index (χ3v) is 14.3. The Morgan fingerprint density at radius 1 is 0.275 bits per heavy atom. The zero-order valence-electron chi connectivity index (χ0n) is 46.9. The van der Waals surface area contributed by atoms with Crippen LogP contribution in [0.3, 0.4) is 0 Å². The Morgan fingerprint density at radius 2 is 0.478 bits per heavy atom. The normalized spacial score (nSPS) is 12.0. The topological polar surface area (TPSA) is 78.9 Å². The maximum atomic E-state index is 12.9. The number of ether oxygens (including phenoxy) is 3. The van der Waals surface area contributed by atoms with Crippen molar-refractivity contribution in [2.45, 2.75) is 361 Å². The lowest BCUT2D eigenvalue weighted by atomic mass is 10.0. The van der Waals surface area contributed by atoms with Crippen LogP contribution in [0.5, 0.6) is 0 Å². The summed E-state index contributed by atoms with van der Waals surface area (Å²) in [6.07, 6.45) is 67.8. The molecular formula is C63H120O6. The molecule has 0 aromatic heterocycles. The number of rotatable bonds is 58. The molecule has 0 aliphatic carbocycles. The first-order valence-corrected chi connectivity index (χ1v) is 31.2. The standard InChI is InChI=1S/C63H120O6/c1-4-7-10-13-16-19-22-25-27-29-31-33-34-36-38-41-44-47-50-53-56-62(65)68-59-60(58-67-61(64)55-52-49-46-43-40-24-21-18-15-12-9-6-3)69-63(66)57-54-51-48-45-42-39-37-35-32-30-28-26-23-20-17-14-11-8-5-2/h26,28,60H,4-25,27,29-59H2,1-3H3/b28-26-. The summed E-state index contributed by atoms with van der Waals surface area (Å²) >= 11 is 0. The fourth-order valence-corrected chi connectivity index (χ4v) is 9.56. The first kappa shape index (κ1) is 67.1. The van der Waals surface area contributed by atoms with Crippen molar-refractivity contribution in [2.75, 3.05) is 13.2 Å². The molecule has 0 radical (unpaired) electrons. The fourth-order valence-electron chi connectivity index (χ4n) is 9.56. The van der Waals surface area contributed by atoms with E-state index in [4.69, 9.17) is 14.2 Å². The SMILES string of the molecule is CCCCCCCC/C=C\CCCCCCCCCCCC(=O)OC(COC(=O)CCCCCCCCCCCCCC)COC(=O)CCCCCCCCCCCCCCCCCCCCCC. The Hall–Kier alpha value is -1.85. The lowest BCUT2D eigenvalue weighted by Crippen LogP contribution is -2.30. The summed E-state index contributed by atoms with van der Waals surface area (Å²) in [4.78, 5) is 38.2. The van der Waals surface area contributed by atoms with Gasteiger partial charge >= 0.3 is 17.9 Å². The molecular weight excluding hydrogens is 853 g/mol. The molecule has 0 heterocycles. The van der Waals surface area contributed by atoms with Crippen LogP contribution in [-0.4, -0.2) is 37.2 Å². The largest absolute Gasteiger partial charge is 0.462 e. The fraction of sp³-hybridized carbons (Fsp3) is 0.921. The summed E-state index contributed by atoms with van der Waals surface area (Å²) in [5.74, 6) is -0.838. The number of carbonyl (C=O) groups is 3. The highest BCUT2D eigenvalue weighted by molar-refractivity contribution is 5.71. The van der Waals surface area contributed by atoms with E-state index in [1.807, 2.05) is 0 Å². The van der Waals surface area contributed by atoms with Crippen LogP contribution in [-0.2, 0) is 28.6 Å². The predicted molar refractivity (Wildman–Crippen MR) is 298 cm³/mol. The van der Waals surface area contributed by atoms with E-state index < -0.39 is 6.10 Å². The Bertz CT molecular complexity index is 1070. The van der Waals surface area contributed by atoms with Crippen LogP contribution in [0.25, 0.3) is 0 Å². The summed E-state index contributed by atoms with van der Waals surface area (Å²) < 4.78 is 16.9. The third kappa shape index (κ3) is 56.9. The van der Waals surface area contributed by atoms with Gasteiger partial charge in [-0.05, 0) is 44.9 Å². The molecule has 6 nitrogen and oxygen atoms in total. The molecule has 0 saturated heterocycles. The molecule has 0 spiro atoms. The molecule has 1 unspecified atom stereocenters. The van der Waals surface area contributed by atoms with Crippen molar-refractivity contribution in [3.8, 4) is 0 Å². The monoisotopic (exact) mass is 973 g/mol. The average Bonchev–Trinajstić information content (AvgIpc) is 3.35. The lowest BCUT2D eigenvalue weighted by Gasteiger charge is -2.18. The Kier molecular flexibility index (Phi) is 57.1. The number of esters is 3. The minimum Gasteiger partial charge on any atom is -0.462 e. The van der Waals surface area contributed by atoms with Crippen LogP contribution in [0.2, 0.25) is 0 Å². The van der Waals surface area contributed by atoms with Gasteiger partial charge in [-0.25, -0.2) is 0 Å². The molecule has 0 N–H and O–H groups in total. The second-order valence-corrected chi connectivity index (χ2v) is 21.3. The van der Waals surface area contributed by atoms with E-state index in [0.717, 1.165) is 57.8 Å². The molecule has 0 aliphatic rings. The number of hydrogen-bond donors (Lipinski definition) is 0. The molecule has 0 fully saturated rings. The number of unbranched alkanes of at least 4 members (excludes halogenated alkanes) is 45. The zero-order chi connectivity index (χ0) is 50.0. The van der Waals surface area contributed by atoms with Gasteiger partial charge in [-0.15, -0.1) is 0 Å². The first-order valence-electron chi connectivity index (χ1n) is 31.2. The van der Waals surface area contributed by atoms with E-state index >= 15 is 0 Å². The van der Waals surface area contributed by atoms with Crippen molar-refractivity contribution < 1.29 is 28.6 Å². The quantitative estimate of drug-likeness (QED) is 0.0261. The maximum absolute atomic E-state index is 12.9. The molecule has 0 aromatic carbocycles. The van der Waals surface area contributed by atoms with E-state index in [9.17, 15) is 14.4 Å². The highest BCUT2D eigenvalue weighted by Gasteiger charge is 2.19. The lowest BCUT2D eigenvalue weighted by molar-refractivity contribution is -0.167. The molecule has 0 amide bonds. The van der Waals surface area contributed by atoms with Gasteiger partial charge in [0.05, 0.1) is 0 Å².